The maximum Gasteiger partial charge on any atom is 0.119 e. The van der Waals surface area contributed by atoms with Crippen LogP contribution in [0.4, 0.5) is 0 Å². The first-order chi connectivity index (χ1) is 11.2. The highest BCUT2D eigenvalue weighted by atomic mass is 16.5. The van der Waals surface area contributed by atoms with Crippen molar-refractivity contribution in [3.05, 3.63) is 65.4 Å². The molecule has 3 aromatic rings. The molecule has 3 heteroatoms. The number of methoxy groups -OCH3 is 1. The fraction of sp³-hybridized carbons (Fsp3) is 0.150. The number of fused-ring (bicyclic) bond motifs is 1. The third-order valence-electron chi connectivity index (χ3n) is 4.00. The van der Waals surface area contributed by atoms with Gasteiger partial charge in [0.15, 0.2) is 0 Å². The molecule has 1 N–H and O–H groups in total. The second-order valence-corrected chi connectivity index (χ2v) is 5.38. The molecular formula is C20H18N2O. The number of aromatic nitrogens is 1. The number of nitriles is 1. The van der Waals surface area contributed by atoms with E-state index in [2.05, 4.69) is 30.1 Å². The molecule has 0 aliphatic heterocycles. The average Bonchev–Trinajstić information content (AvgIpc) is 3.03. The van der Waals surface area contributed by atoms with Crippen molar-refractivity contribution in [3.63, 3.8) is 0 Å². The van der Waals surface area contributed by atoms with E-state index in [1.54, 1.807) is 7.11 Å². The number of nitrogens with one attached hydrogen (secondary N) is 1. The van der Waals surface area contributed by atoms with Gasteiger partial charge in [0.05, 0.1) is 18.8 Å². The zero-order valence-corrected chi connectivity index (χ0v) is 13.3. The normalized spacial score (nSPS) is 11.4. The Labute approximate surface area is 135 Å². The second kappa shape index (κ2) is 6.41. The van der Waals surface area contributed by atoms with Crippen LogP contribution in [0, 0.1) is 11.3 Å². The van der Waals surface area contributed by atoms with E-state index in [9.17, 15) is 5.26 Å². The first-order valence-corrected chi connectivity index (χ1v) is 7.61. The van der Waals surface area contributed by atoms with Gasteiger partial charge in [-0.15, -0.1) is 0 Å². The standard InChI is InChI=1S/C20H18N2O/c1-3-14-4-6-15(7-5-14)10-16(12-21)19-13-22-20-9-8-17(23-2)11-18(19)20/h4-11,13,22H,3H2,1-2H3/b16-10+. The fourth-order valence-corrected chi connectivity index (χ4v) is 2.64. The van der Waals surface area contributed by atoms with Gasteiger partial charge in [-0.2, -0.15) is 5.26 Å². The maximum atomic E-state index is 9.58. The lowest BCUT2D eigenvalue weighted by Gasteiger charge is -2.02. The summed E-state index contributed by atoms with van der Waals surface area (Å²) in [5, 5.41) is 10.6. The zero-order chi connectivity index (χ0) is 16.2. The van der Waals surface area contributed by atoms with Crippen LogP contribution in [0.3, 0.4) is 0 Å². The molecule has 114 valence electrons. The molecule has 0 aliphatic carbocycles. The average molecular weight is 302 g/mol. The molecule has 0 amide bonds. The lowest BCUT2D eigenvalue weighted by molar-refractivity contribution is 0.415. The molecule has 0 radical (unpaired) electrons. The Morgan fingerprint density at radius 2 is 2.00 bits per heavy atom. The number of aromatic amines is 1. The van der Waals surface area contributed by atoms with E-state index >= 15 is 0 Å². The first kappa shape index (κ1) is 14.9. The Bertz CT molecular complexity index is 896. The highest BCUT2D eigenvalue weighted by Gasteiger charge is 2.09. The third kappa shape index (κ3) is 2.97. The molecule has 3 rings (SSSR count). The summed E-state index contributed by atoms with van der Waals surface area (Å²) in [5.74, 6) is 0.780. The summed E-state index contributed by atoms with van der Waals surface area (Å²) in [4.78, 5) is 3.21. The van der Waals surface area contributed by atoms with Gasteiger partial charge < -0.3 is 9.72 Å². The van der Waals surface area contributed by atoms with Crippen molar-refractivity contribution >= 4 is 22.6 Å². The van der Waals surface area contributed by atoms with Gasteiger partial charge >= 0.3 is 0 Å². The summed E-state index contributed by atoms with van der Waals surface area (Å²) < 4.78 is 5.29. The number of benzene rings is 2. The fourth-order valence-electron chi connectivity index (χ4n) is 2.64. The summed E-state index contributed by atoms with van der Waals surface area (Å²) in [7, 11) is 1.64. The summed E-state index contributed by atoms with van der Waals surface area (Å²) in [6, 6.07) is 16.4. The van der Waals surface area contributed by atoms with Crippen molar-refractivity contribution in [3.8, 4) is 11.8 Å². The quantitative estimate of drug-likeness (QED) is 0.703. The highest BCUT2D eigenvalue weighted by Crippen LogP contribution is 2.29. The number of ether oxygens (including phenoxy) is 1. The number of nitrogens with zero attached hydrogens (tertiary/aromatic N) is 1. The number of hydrogen-bond acceptors (Lipinski definition) is 2. The molecule has 0 fully saturated rings. The van der Waals surface area contributed by atoms with Crippen LogP contribution in [0.15, 0.2) is 48.7 Å². The van der Waals surface area contributed by atoms with Gasteiger partial charge in [0.1, 0.15) is 5.75 Å². The Balaban J connectivity index is 2.06. The Morgan fingerprint density at radius 3 is 2.65 bits per heavy atom. The number of aryl methyl sites for hydroxylation is 1. The van der Waals surface area contributed by atoms with Crippen LogP contribution >= 0.6 is 0 Å². The predicted octanol–water partition coefficient (Wildman–Crippen LogP) is 4.80. The Morgan fingerprint density at radius 1 is 1.22 bits per heavy atom. The van der Waals surface area contributed by atoms with Crippen LogP contribution in [-0.4, -0.2) is 12.1 Å². The van der Waals surface area contributed by atoms with Crippen LogP contribution in [-0.2, 0) is 6.42 Å². The topological polar surface area (TPSA) is 48.8 Å². The molecule has 0 saturated heterocycles. The molecule has 0 unspecified atom stereocenters. The van der Waals surface area contributed by atoms with Gasteiger partial charge in [0.25, 0.3) is 0 Å². The number of hydrogen-bond donors (Lipinski definition) is 1. The van der Waals surface area contributed by atoms with Gasteiger partial charge in [0, 0.05) is 22.7 Å². The van der Waals surface area contributed by atoms with E-state index in [-0.39, 0.29) is 0 Å². The van der Waals surface area contributed by atoms with Gasteiger partial charge in [-0.25, -0.2) is 0 Å². The third-order valence-corrected chi connectivity index (χ3v) is 4.00. The van der Waals surface area contributed by atoms with E-state index < -0.39 is 0 Å². The first-order valence-electron chi connectivity index (χ1n) is 7.61. The monoisotopic (exact) mass is 302 g/mol. The molecule has 1 aromatic heterocycles. The largest absolute Gasteiger partial charge is 0.497 e. The zero-order valence-electron chi connectivity index (χ0n) is 13.3. The molecule has 3 nitrogen and oxygen atoms in total. The lowest BCUT2D eigenvalue weighted by atomic mass is 10.0. The van der Waals surface area contributed by atoms with Gasteiger partial charge in [0.2, 0.25) is 0 Å². The molecule has 0 aliphatic rings. The number of H-pyrrole nitrogens is 1. The van der Waals surface area contributed by atoms with Crippen molar-refractivity contribution in [1.82, 2.24) is 4.98 Å². The van der Waals surface area contributed by atoms with Crippen LogP contribution in [0.2, 0.25) is 0 Å². The molecule has 0 spiro atoms. The highest BCUT2D eigenvalue weighted by molar-refractivity contribution is 6.01. The smallest absolute Gasteiger partial charge is 0.119 e. The van der Waals surface area contributed by atoms with Crippen LogP contribution in [0.1, 0.15) is 23.6 Å². The Kier molecular flexibility index (Phi) is 4.16. The molecule has 0 saturated carbocycles. The van der Waals surface area contributed by atoms with E-state index in [1.165, 1.54) is 5.56 Å². The summed E-state index contributed by atoms with van der Waals surface area (Å²) >= 11 is 0. The van der Waals surface area contributed by atoms with Crippen LogP contribution in [0.5, 0.6) is 5.75 Å². The minimum absolute atomic E-state index is 0.633. The molecular weight excluding hydrogens is 284 g/mol. The molecule has 0 atom stereocenters. The summed E-state index contributed by atoms with van der Waals surface area (Å²) in [6.07, 6.45) is 4.80. The minimum atomic E-state index is 0.633. The van der Waals surface area contributed by atoms with Crippen LogP contribution in [0.25, 0.3) is 22.6 Å². The SMILES string of the molecule is CCc1ccc(/C=C(\C#N)c2c[nH]c3ccc(OC)cc23)cc1. The van der Waals surface area contributed by atoms with E-state index in [1.807, 2.05) is 42.6 Å². The van der Waals surface area contributed by atoms with Gasteiger partial charge in [-0.3, -0.25) is 0 Å². The molecule has 2 aromatic carbocycles. The Hall–Kier alpha value is -2.99. The van der Waals surface area contributed by atoms with Crippen LogP contribution < -0.4 is 4.74 Å². The molecule has 0 bridgehead atoms. The molecule has 23 heavy (non-hydrogen) atoms. The molecule has 1 heterocycles. The van der Waals surface area contributed by atoms with Crippen molar-refractivity contribution in [1.29, 1.82) is 5.26 Å². The van der Waals surface area contributed by atoms with E-state index in [0.717, 1.165) is 34.2 Å². The lowest BCUT2D eigenvalue weighted by Crippen LogP contribution is -1.84. The van der Waals surface area contributed by atoms with Crippen molar-refractivity contribution in [2.75, 3.05) is 7.11 Å². The maximum absolute atomic E-state index is 9.58. The van der Waals surface area contributed by atoms with E-state index in [4.69, 9.17) is 4.74 Å². The van der Waals surface area contributed by atoms with Crippen molar-refractivity contribution in [2.24, 2.45) is 0 Å². The van der Waals surface area contributed by atoms with E-state index in [0.29, 0.717) is 5.57 Å². The second-order valence-electron chi connectivity index (χ2n) is 5.38. The minimum Gasteiger partial charge on any atom is -0.497 e. The number of allylic oxidation sites excluding steroid dienone is 1. The van der Waals surface area contributed by atoms with Crippen molar-refractivity contribution in [2.45, 2.75) is 13.3 Å². The van der Waals surface area contributed by atoms with Gasteiger partial charge in [-0.1, -0.05) is 31.2 Å². The van der Waals surface area contributed by atoms with Crippen molar-refractivity contribution < 1.29 is 4.74 Å². The summed E-state index contributed by atoms with van der Waals surface area (Å²) in [6.45, 7) is 2.13. The predicted molar refractivity (Wildman–Crippen MR) is 94.2 cm³/mol. The number of rotatable bonds is 4. The van der Waals surface area contributed by atoms with Gasteiger partial charge in [-0.05, 0) is 41.8 Å². The summed E-state index contributed by atoms with van der Waals surface area (Å²) in [5.41, 5.74) is 4.83.